The molecule has 8 heteroatoms. The molecule has 0 N–H and O–H groups in total. The zero-order valence-electron chi connectivity index (χ0n) is 3.80. The molecule has 0 bridgehead atoms. The van der Waals surface area contributed by atoms with Crippen LogP contribution in [0, 0.1) is 0 Å². The van der Waals surface area contributed by atoms with E-state index in [1.807, 2.05) is 0 Å². The minimum atomic E-state index is 0. The molecule has 0 aliphatic heterocycles. The van der Waals surface area contributed by atoms with Crippen LogP contribution in [0.1, 0.15) is 0 Å². The Hall–Kier alpha value is 1.93. The van der Waals surface area contributed by atoms with Gasteiger partial charge in [-0.15, -0.1) is 0 Å². The van der Waals surface area contributed by atoms with Gasteiger partial charge in [0.25, 0.3) is 0 Å². The van der Waals surface area contributed by atoms with Crippen molar-refractivity contribution in [3.05, 3.63) is 0 Å². The van der Waals surface area contributed by atoms with Gasteiger partial charge in [0.2, 0.25) is 0 Å². The van der Waals surface area contributed by atoms with E-state index in [1.165, 1.54) is 0 Å². The maximum absolute atomic E-state index is 0. The maximum atomic E-state index is 0. The van der Waals surface area contributed by atoms with Crippen LogP contribution in [0.2, 0.25) is 0 Å². The Bertz CT molecular complexity index is 8.49. The molecule has 0 saturated heterocycles. The van der Waals surface area contributed by atoms with E-state index in [4.69, 9.17) is 0 Å². The van der Waals surface area contributed by atoms with E-state index in [1.54, 1.807) is 0 Å². The van der Waals surface area contributed by atoms with E-state index in [0.717, 1.165) is 0 Å². The smallest absolute Gasteiger partial charge is 1.00 e. The number of rotatable bonds is 0. The molecular formula is HF6KTi. The number of hydrogen-bond donors (Lipinski definition) is 0. The molecule has 0 aromatic heterocycles. The second-order valence-electron chi connectivity index (χ2n) is 0. The monoisotopic (exact) mass is 202 g/mol. The SMILES string of the molecule is F.[F-].[F-].[F-].[F-].[F-].[K+].[Ti+4]. The van der Waals surface area contributed by atoms with Crippen molar-refractivity contribution in [2.45, 2.75) is 0 Å². The van der Waals surface area contributed by atoms with Crippen LogP contribution < -0.4 is 74.9 Å². The van der Waals surface area contributed by atoms with Gasteiger partial charge >= 0.3 is 73.1 Å². The quantitative estimate of drug-likeness (QED) is 0.270. The van der Waals surface area contributed by atoms with Crippen molar-refractivity contribution in [1.29, 1.82) is 0 Å². The molecule has 0 fully saturated rings. The summed E-state index contributed by atoms with van der Waals surface area (Å²) in [5.74, 6) is 0. The molecule has 8 heavy (non-hydrogen) atoms. The fraction of sp³-hybridized carbons (Fsp3) is 0. The van der Waals surface area contributed by atoms with Crippen molar-refractivity contribution in [3.63, 3.8) is 0 Å². The van der Waals surface area contributed by atoms with Crippen molar-refractivity contribution >= 4 is 0 Å². The van der Waals surface area contributed by atoms with Crippen LogP contribution >= 0.6 is 0 Å². The van der Waals surface area contributed by atoms with Gasteiger partial charge in [-0.2, -0.15) is 0 Å². The summed E-state index contributed by atoms with van der Waals surface area (Å²) in [5, 5.41) is 0. The maximum Gasteiger partial charge on any atom is 4.00 e. The Morgan fingerprint density at radius 1 is 0.500 bits per heavy atom. The summed E-state index contributed by atoms with van der Waals surface area (Å²) in [7, 11) is 0. The van der Waals surface area contributed by atoms with Crippen molar-refractivity contribution in [3.8, 4) is 0 Å². The van der Waals surface area contributed by atoms with Crippen LogP contribution in [-0.2, 0) is 21.7 Å². The summed E-state index contributed by atoms with van der Waals surface area (Å²) in [4.78, 5) is 0. The molecule has 0 aromatic carbocycles. The third-order valence-corrected chi connectivity index (χ3v) is 0. The van der Waals surface area contributed by atoms with Gasteiger partial charge in [0.1, 0.15) is 0 Å². The van der Waals surface area contributed by atoms with Crippen molar-refractivity contribution in [2.24, 2.45) is 0 Å². The zero-order valence-corrected chi connectivity index (χ0v) is 8.48. The fourth-order valence-corrected chi connectivity index (χ4v) is 0. The van der Waals surface area contributed by atoms with Gasteiger partial charge in [0, 0.05) is 0 Å². The Balaban J connectivity index is 0. The first-order chi connectivity index (χ1) is 0. The van der Waals surface area contributed by atoms with E-state index in [2.05, 4.69) is 0 Å². The van der Waals surface area contributed by atoms with E-state index in [0.29, 0.717) is 0 Å². The fourth-order valence-electron chi connectivity index (χ4n) is 0. The van der Waals surface area contributed by atoms with E-state index in [9.17, 15) is 0 Å². The molecule has 0 saturated carbocycles. The Kier molecular flexibility index (Phi) is 4000. The van der Waals surface area contributed by atoms with Gasteiger partial charge in [-0.25, -0.2) is 0 Å². The van der Waals surface area contributed by atoms with Gasteiger partial charge in [-0.3, -0.25) is 4.70 Å². The summed E-state index contributed by atoms with van der Waals surface area (Å²) >= 11 is 0. The summed E-state index contributed by atoms with van der Waals surface area (Å²) in [5.41, 5.74) is 0. The normalized spacial score (nSPS) is 0. The third kappa shape index (κ3) is 102. The molecule has 0 unspecified atom stereocenters. The van der Waals surface area contributed by atoms with E-state index < -0.39 is 0 Å². The molecule has 0 amide bonds. The molecule has 0 nitrogen and oxygen atoms in total. The zero-order chi connectivity index (χ0) is 0. The van der Waals surface area contributed by atoms with Crippen molar-refractivity contribution in [2.75, 3.05) is 0 Å². The largest absolute Gasteiger partial charge is 4.00 e. The molecule has 0 aromatic rings. The molecule has 0 heterocycles. The van der Waals surface area contributed by atoms with Gasteiger partial charge in [0.15, 0.2) is 0 Å². The minimum Gasteiger partial charge on any atom is -1.00 e. The average Bonchev–Trinajstić information content (AvgIpc) is 0. The third-order valence-electron chi connectivity index (χ3n) is 0. The molecule has 48 valence electrons. The molecular weight excluding hydrogens is 201 g/mol. The molecule has 0 aliphatic rings. The Morgan fingerprint density at radius 2 is 0.500 bits per heavy atom. The second kappa shape index (κ2) is 151. The summed E-state index contributed by atoms with van der Waals surface area (Å²) in [6, 6.07) is 0. The van der Waals surface area contributed by atoms with Crippen LogP contribution in [0.5, 0.6) is 0 Å². The predicted molar refractivity (Wildman–Crippen MR) is 2.50 cm³/mol. The van der Waals surface area contributed by atoms with Crippen LogP contribution in [-0.4, -0.2) is 0 Å². The van der Waals surface area contributed by atoms with E-state index >= 15 is 0 Å². The first-order valence-electron chi connectivity index (χ1n) is 0. The molecule has 0 rings (SSSR count). The number of halogens is 6. The summed E-state index contributed by atoms with van der Waals surface area (Å²) in [6.45, 7) is 0. The first kappa shape index (κ1) is 212. The minimum absolute atomic E-state index is 0. The molecule has 0 aliphatic carbocycles. The summed E-state index contributed by atoms with van der Waals surface area (Å²) in [6.07, 6.45) is 0. The van der Waals surface area contributed by atoms with E-state index in [-0.39, 0.29) is 101 Å². The van der Waals surface area contributed by atoms with Crippen LogP contribution in [0.4, 0.5) is 4.70 Å². The second-order valence-corrected chi connectivity index (χ2v) is 0. The topological polar surface area (TPSA) is 0 Å². The van der Waals surface area contributed by atoms with Crippen LogP contribution in [0.15, 0.2) is 0 Å². The Labute approximate surface area is 99.7 Å². The Morgan fingerprint density at radius 3 is 0.500 bits per heavy atom. The van der Waals surface area contributed by atoms with Gasteiger partial charge in [-0.1, -0.05) is 0 Å². The van der Waals surface area contributed by atoms with Crippen molar-refractivity contribution in [1.82, 2.24) is 0 Å². The van der Waals surface area contributed by atoms with Crippen LogP contribution in [0.25, 0.3) is 0 Å². The average molecular weight is 202 g/mol. The van der Waals surface area contributed by atoms with Gasteiger partial charge in [-0.05, 0) is 0 Å². The summed E-state index contributed by atoms with van der Waals surface area (Å²) < 4.78 is 0. The predicted octanol–water partition coefficient (Wildman–Crippen LogP) is -17.8. The molecule has 0 radical (unpaired) electrons. The van der Waals surface area contributed by atoms with Crippen LogP contribution in [0.3, 0.4) is 0 Å². The standard InChI is InChI=1S/6FH.K.Ti/h6*1H;;/q;;;;;;+1;+4/p-5. The molecule has 0 spiro atoms. The number of hydrogen-bond acceptors (Lipinski definition) is 0. The van der Waals surface area contributed by atoms with Gasteiger partial charge < -0.3 is 23.5 Å². The molecule has 0 atom stereocenters. The first-order valence-corrected chi connectivity index (χ1v) is 0. The van der Waals surface area contributed by atoms with Gasteiger partial charge in [0.05, 0.1) is 0 Å². The van der Waals surface area contributed by atoms with Crippen molar-refractivity contribution < 1.29 is 101 Å².